The van der Waals surface area contributed by atoms with Crippen LogP contribution in [0.5, 0.6) is 0 Å². The quantitative estimate of drug-likeness (QED) is 0.876. The highest BCUT2D eigenvalue weighted by Gasteiger charge is 2.16. The van der Waals surface area contributed by atoms with Crippen LogP contribution in [0.2, 0.25) is 0 Å². The molecule has 0 aliphatic heterocycles. The predicted octanol–water partition coefficient (Wildman–Crippen LogP) is 1.66. The topological polar surface area (TPSA) is 71.2 Å². The zero-order valence-corrected chi connectivity index (χ0v) is 12.3. The summed E-state index contributed by atoms with van der Waals surface area (Å²) in [4.78, 5) is 18.3. The van der Waals surface area contributed by atoms with Crippen LogP contribution in [0.15, 0.2) is 48.7 Å². The van der Waals surface area contributed by atoms with Crippen LogP contribution in [0, 0.1) is 0 Å². The van der Waals surface area contributed by atoms with E-state index in [1.54, 1.807) is 12.3 Å². The highest BCUT2D eigenvalue weighted by molar-refractivity contribution is 5.97. The zero-order chi connectivity index (χ0) is 15.2. The maximum absolute atomic E-state index is 12.2. The van der Waals surface area contributed by atoms with Crippen molar-refractivity contribution in [3.05, 3.63) is 54.2 Å². The molecule has 5 nitrogen and oxygen atoms in total. The Hall–Kier alpha value is -2.40. The number of hydrogen-bond acceptors (Lipinski definition) is 4. The smallest absolute Gasteiger partial charge is 0.241 e. The van der Waals surface area contributed by atoms with Gasteiger partial charge in [-0.05, 0) is 24.1 Å². The minimum absolute atomic E-state index is 0.213. The van der Waals surface area contributed by atoms with Crippen LogP contribution >= 0.6 is 0 Å². The molecule has 0 radical (unpaired) electrons. The van der Waals surface area contributed by atoms with Crippen molar-refractivity contribution in [2.24, 2.45) is 5.73 Å². The Kier molecular flexibility index (Phi) is 4.90. The molecule has 3 N–H and O–H groups in total. The molecule has 1 aromatic heterocycles. The number of hydrogen-bond donors (Lipinski definition) is 2. The highest BCUT2D eigenvalue weighted by atomic mass is 16.2. The van der Waals surface area contributed by atoms with E-state index in [0.29, 0.717) is 17.9 Å². The number of amides is 1. The number of nitrogens with one attached hydrogen (secondary N) is 1. The summed E-state index contributed by atoms with van der Waals surface area (Å²) in [6.07, 6.45) is 2.19. The number of anilines is 2. The first kappa shape index (κ1) is 15.0. The summed E-state index contributed by atoms with van der Waals surface area (Å²) in [6, 6.07) is 12.7. The van der Waals surface area contributed by atoms with Crippen LogP contribution in [0.4, 0.5) is 11.5 Å². The van der Waals surface area contributed by atoms with Gasteiger partial charge in [0, 0.05) is 20.3 Å². The summed E-state index contributed by atoms with van der Waals surface area (Å²) in [5, 5.41) is 2.84. The van der Waals surface area contributed by atoms with E-state index in [0.717, 1.165) is 5.56 Å². The molecule has 110 valence electrons. The molecule has 0 saturated carbocycles. The van der Waals surface area contributed by atoms with Crippen molar-refractivity contribution in [1.82, 2.24) is 4.98 Å². The van der Waals surface area contributed by atoms with Gasteiger partial charge in [0.25, 0.3) is 0 Å². The van der Waals surface area contributed by atoms with E-state index in [1.807, 2.05) is 55.4 Å². The first-order valence-corrected chi connectivity index (χ1v) is 6.80. The van der Waals surface area contributed by atoms with E-state index in [1.165, 1.54) is 0 Å². The monoisotopic (exact) mass is 284 g/mol. The molecular weight excluding hydrogens is 264 g/mol. The molecular formula is C16H20N4O. The number of benzene rings is 1. The summed E-state index contributed by atoms with van der Waals surface area (Å²) in [6.45, 7) is 0. The van der Waals surface area contributed by atoms with Gasteiger partial charge in [0.1, 0.15) is 0 Å². The van der Waals surface area contributed by atoms with Crippen LogP contribution in [0.1, 0.15) is 5.56 Å². The van der Waals surface area contributed by atoms with Crippen LogP contribution in [0.3, 0.4) is 0 Å². The third kappa shape index (κ3) is 4.03. The van der Waals surface area contributed by atoms with E-state index in [4.69, 9.17) is 5.73 Å². The lowest BCUT2D eigenvalue weighted by Gasteiger charge is -2.18. The van der Waals surface area contributed by atoms with Gasteiger partial charge in [-0.25, -0.2) is 4.98 Å². The number of carbonyl (C=O) groups excluding carboxylic acids is 1. The largest absolute Gasteiger partial charge is 0.361 e. The molecule has 1 aromatic carbocycles. The predicted molar refractivity (Wildman–Crippen MR) is 85.3 cm³/mol. The molecule has 2 rings (SSSR count). The lowest BCUT2D eigenvalue weighted by atomic mass is 10.1. The minimum Gasteiger partial charge on any atom is -0.361 e. The van der Waals surface area contributed by atoms with Crippen molar-refractivity contribution in [3.8, 4) is 0 Å². The van der Waals surface area contributed by atoms with Crippen molar-refractivity contribution in [2.75, 3.05) is 24.3 Å². The first-order chi connectivity index (χ1) is 10.1. The Labute approximate surface area is 124 Å². The molecule has 5 heteroatoms. The summed E-state index contributed by atoms with van der Waals surface area (Å²) in [5.41, 5.74) is 7.68. The zero-order valence-electron chi connectivity index (χ0n) is 12.3. The molecule has 1 amide bonds. The average molecular weight is 284 g/mol. The molecule has 0 saturated heterocycles. The third-order valence-electron chi connectivity index (χ3n) is 3.10. The van der Waals surface area contributed by atoms with Crippen molar-refractivity contribution in [3.63, 3.8) is 0 Å². The van der Waals surface area contributed by atoms with E-state index in [-0.39, 0.29) is 5.91 Å². The molecule has 0 aliphatic carbocycles. The van der Waals surface area contributed by atoms with Crippen molar-refractivity contribution in [1.29, 1.82) is 0 Å². The number of aromatic nitrogens is 1. The number of rotatable bonds is 5. The van der Waals surface area contributed by atoms with E-state index >= 15 is 0 Å². The first-order valence-electron chi connectivity index (χ1n) is 6.80. The van der Waals surface area contributed by atoms with Crippen LogP contribution in [0.25, 0.3) is 0 Å². The lowest BCUT2D eigenvalue weighted by molar-refractivity contribution is -0.117. The minimum atomic E-state index is -0.595. The van der Waals surface area contributed by atoms with Gasteiger partial charge in [-0.1, -0.05) is 30.3 Å². The standard InChI is InChI=1S/C16H20N4O/c1-20(2)15-14(9-6-10-18-15)19-16(21)13(17)11-12-7-4-3-5-8-12/h3-10,13H,11,17H2,1-2H3,(H,19,21). The van der Waals surface area contributed by atoms with Gasteiger partial charge in [-0.15, -0.1) is 0 Å². The van der Waals surface area contributed by atoms with E-state index < -0.39 is 6.04 Å². The molecule has 2 aromatic rings. The third-order valence-corrected chi connectivity index (χ3v) is 3.10. The second-order valence-electron chi connectivity index (χ2n) is 5.05. The number of nitrogens with zero attached hydrogens (tertiary/aromatic N) is 2. The molecule has 0 bridgehead atoms. The van der Waals surface area contributed by atoms with Gasteiger partial charge in [0.15, 0.2) is 5.82 Å². The Morgan fingerprint density at radius 1 is 1.24 bits per heavy atom. The van der Waals surface area contributed by atoms with E-state index in [9.17, 15) is 4.79 Å². The van der Waals surface area contributed by atoms with Crippen LogP contribution in [-0.4, -0.2) is 31.0 Å². The second kappa shape index (κ2) is 6.85. The van der Waals surface area contributed by atoms with Crippen LogP contribution in [-0.2, 0) is 11.2 Å². The number of nitrogens with two attached hydrogens (primary N) is 1. The van der Waals surface area contributed by atoms with Crippen LogP contribution < -0.4 is 16.0 Å². The van der Waals surface area contributed by atoms with Gasteiger partial charge in [0.05, 0.1) is 11.7 Å². The summed E-state index contributed by atoms with van der Waals surface area (Å²) in [5.74, 6) is 0.493. The number of pyridine rings is 1. The van der Waals surface area contributed by atoms with Crippen molar-refractivity contribution < 1.29 is 4.79 Å². The van der Waals surface area contributed by atoms with E-state index in [2.05, 4.69) is 10.3 Å². The summed E-state index contributed by atoms with van der Waals surface area (Å²) >= 11 is 0. The molecule has 1 heterocycles. The van der Waals surface area contributed by atoms with Gasteiger partial charge in [-0.2, -0.15) is 0 Å². The highest BCUT2D eigenvalue weighted by Crippen LogP contribution is 2.20. The Bertz CT molecular complexity index is 598. The number of carbonyl (C=O) groups is 1. The Morgan fingerprint density at radius 2 is 1.95 bits per heavy atom. The van der Waals surface area contributed by atoms with Gasteiger partial charge < -0.3 is 16.0 Å². The average Bonchev–Trinajstić information content (AvgIpc) is 2.48. The fourth-order valence-electron chi connectivity index (χ4n) is 2.04. The van der Waals surface area contributed by atoms with Gasteiger partial charge in [-0.3, -0.25) is 4.79 Å². The maximum Gasteiger partial charge on any atom is 0.241 e. The Balaban J connectivity index is 2.04. The Morgan fingerprint density at radius 3 is 2.62 bits per heavy atom. The fraction of sp³-hybridized carbons (Fsp3) is 0.250. The summed E-state index contributed by atoms with van der Waals surface area (Å²) in [7, 11) is 3.75. The molecule has 21 heavy (non-hydrogen) atoms. The summed E-state index contributed by atoms with van der Waals surface area (Å²) < 4.78 is 0. The molecule has 1 unspecified atom stereocenters. The van der Waals surface area contributed by atoms with Gasteiger partial charge in [0.2, 0.25) is 5.91 Å². The van der Waals surface area contributed by atoms with Crippen molar-refractivity contribution >= 4 is 17.4 Å². The molecule has 0 aliphatic rings. The van der Waals surface area contributed by atoms with Gasteiger partial charge >= 0.3 is 0 Å². The van der Waals surface area contributed by atoms with Crippen molar-refractivity contribution in [2.45, 2.75) is 12.5 Å². The lowest BCUT2D eigenvalue weighted by Crippen LogP contribution is -2.37. The molecule has 0 spiro atoms. The maximum atomic E-state index is 12.2. The fourth-order valence-corrected chi connectivity index (χ4v) is 2.04. The SMILES string of the molecule is CN(C)c1ncccc1NC(=O)C(N)Cc1ccccc1. The molecule has 1 atom stereocenters. The molecule has 0 fully saturated rings. The second-order valence-corrected chi connectivity index (χ2v) is 5.05. The normalized spacial score (nSPS) is 11.8.